The van der Waals surface area contributed by atoms with Gasteiger partial charge in [0.15, 0.2) is 6.10 Å². The minimum Gasteiger partial charge on any atom is -0.462 e. The lowest BCUT2D eigenvalue weighted by molar-refractivity contribution is -0.167. The number of hydrogen-bond acceptors (Lipinski definition) is 6. The van der Waals surface area contributed by atoms with Gasteiger partial charge < -0.3 is 14.2 Å². The molecular weight excluding hydrogens is 1010 g/mol. The van der Waals surface area contributed by atoms with E-state index in [1.807, 2.05) is 0 Å². The van der Waals surface area contributed by atoms with Gasteiger partial charge in [-0.25, -0.2) is 0 Å². The summed E-state index contributed by atoms with van der Waals surface area (Å²) in [6, 6.07) is 0. The fourth-order valence-electron chi connectivity index (χ4n) is 10.4. The summed E-state index contributed by atoms with van der Waals surface area (Å²) in [6.07, 6.45) is 93.4. The Hall–Kier alpha value is -3.41. The second-order valence-electron chi connectivity index (χ2n) is 23.8. The van der Waals surface area contributed by atoms with Gasteiger partial charge in [-0.05, 0) is 77.0 Å². The molecule has 82 heavy (non-hydrogen) atoms. The van der Waals surface area contributed by atoms with Gasteiger partial charge in [-0.1, -0.05) is 350 Å². The first-order valence-electron chi connectivity index (χ1n) is 35.6. The van der Waals surface area contributed by atoms with Gasteiger partial charge in [0.25, 0.3) is 0 Å². The van der Waals surface area contributed by atoms with E-state index < -0.39 is 6.10 Å². The maximum absolute atomic E-state index is 12.9. The molecule has 0 saturated carbocycles. The van der Waals surface area contributed by atoms with Crippen LogP contribution in [0.15, 0.2) is 85.1 Å². The van der Waals surface area contributed by atoms with Crippen molar-refractivity contribution in [3.63, 3.8) is 0 Å². The first-order valence-corrected chi connectivity index (χ1v) is 35.6. The van der Waals surface area contributed by atoms with Crippen LogP contribution in [0.5, 0.6) is 0 Å². The van der Waals surface area contributed by atoms with Gasteiger partial charge >= 0.3 is 17.9 Å². The molecule has 0 rings (SSSR count). The Bertz CT molecular complexity index is 1550. The molecule has 6 nitrogen and oxygen atoms in total. The molecule has 0 aromatic rings. The summed E-state index contributed by atoms with van der Waals surface area (Å²) in [5, 5.41) is 0. The van der Waals surface area contributed by atoms with Crippen molar-refractivity contribution in [2.45, 2.75) is 367 Å². The van der Waals surface area contributed by atoms with E-state index in [1.165, 1.54) is 218 Å². The third-order valence-corrected chi connectivity index (χ3v) is 15.7. The molecule has 0 aromatic carbocycles. The second-order valence-corrected chi connectivity index (χ2v) is 23.8. The molecule has 0 amide bonds. The SMILES string of the molecule is CC/C=C\C/C=C\C/C=C\C/C=C\C/C=C\C/C=C\C/C=C\CCCCCCCCCCCCCC(=O)OCC(COC(=O)CCCCCCCCCCC)OC(=O)CCCCCCCCCCCCCCCCCCCCCCCC. The first kappa shape index (κ1) is 78.6. The summed E-state index contributed by atoms with van der Waals surface area (Å²) in [7, 11) is 0. The number of esters is 3. The summed E-state index contributed by atoms with van der Waals surface area (Å²) in [4.78, 5) is 38.3. The molecule has 474 valence electrons. The molecule has 0 radical (unpaired) electrons. The van der Waals surface area contributed by atoms with Crippen molar-refractivity contribution >= 4 is 17.9 Å². The van der Waals surface area contributed by atoms with Gasteiger partial charge in [-0.15, -0.1) is 0 Å². The minimum atomic E-state index is -0.773. The van der Waals surface area contributed by atoms with Crippen molar-refractivity contribution in [3.05, 3.63) is 85.1 Å². The molecular formula is C76H134O6. The zero-order valence-corrected chi connectivity index (χ0v) is 54.5. The van der Waals surface area contributed by atoms with Crippen molar-refractivity contribution in [2.75, 3.05) is 13.2 Å². The van der Waals surface area contributed by atoms with Crippen LogP contribution in [0.25, 0.3) is 0 Å². The maximum Gasteiger partial charge on any atom is 0.306 e. The predicted molar refractivity (Wildman–Crippen MR) is 358 cm³/mol. The van der Waals surface area contributed by atoms with E-state index in [9.17, 15) is 14.4 Å². The zero-order valence-electron chi connectivity index (χ0n) is 54.5. The van der Waals surface area contributed by atoms with Crippen molar-refractivity contribution in [3.8, 4) is 0 Å². The standard InChI is InChI=1S/C76H134O6/c1-4-7-10-13-16-19-21-23-25-27-29-31-33-34-35-36-37-38-39-40-41-42-43-45-46-48-50-52-54-57-60-63-66-69-75(78)81-72-73(71-80-74(77)68-65-62-59-56-18-15-12-9-6-3)82-76(79)70-67-64-61-58-55-53-51-49-47-44-32-30-28-26-24-22-20-17-14-11-8-5-2/h7,10,16,19,23,25,29,31,34-35,37-38,40-41,73H,4-6,8-9,11-15,17-18,20-22,24,26-28,30,32-33,36,39,42-72H2,1-3H3/b10-7-,19-16-,25-23-,31-29-,35-34-,38-37-,41-40-. The molecule has 0 aliphatic heterocycles. The Morgan fingerprint density at radius 3 is 0.744 bits per heavy atom. The van der Waals surface area contributed by atoms with E-state index in [0.29, 0.717) is 19.3 Å². The maximum atomic E-state index is 12.9. The number of carbonyl (C=O) groups is 3. The van der Waals surface area contributed by atoms with E-state index in [-0.39, 0.29) is 31.1 Å². The third-order valence-electron chi connectivity index (χ3n) is 15.7. The zero-order chi connectivity index (χ0) is 59.2. The number of hydrogen-bond donors (Lipinski definition) is 0. The minimum absolute atomic E-state index is 0.0711. The number of rotatable bonds is 65. The van der Waals surface area contributed by atoms with Crippen molar-refractivity contribution in [1.29, 1.82) is 0 Å². The highest BCUT2D eigenvalue weighted by Crippen LogP contribution is 2.18. The van der Waals surface area contributed by atoms with Gasteiger partial charge in [-0.3, -0.25) is 14.4 Å². The lowest BCUT2D eigenvalue weighted by atomic mass is 10.0. The molecule has 0 aliphatic rings. The third kappa shape index (κ3) is 67.4. The molecule has 0 aromatic heterocycles. The summed E-state index contributed by atoms with van der Waals surface area (Å²) in [6.45, 7) is 6.56. The number of ether oxygens (including phenoxy) is 3. The number of carbonyl (C=O) groups excluding carboxylic acids is 3. The van der Waals surface area contributed by atoms with Gasteiger partial charge in [0.05, 0.1) is 0 Å². The topological polar surface area (TPSA) is 78.9 Å². The summed E-state index contributed by atoms with van der Waals surface area (Å²) in [5.74, 6) is -0.856. The molecule has 0 N–H and O–H groups in total. The number of unbranched alkanes of at least 4 members (excludes halogenated alkanes) is 40. The average Bonchev–Trinajstić information content (AvgIpc) is 3.48. The van der Waals surface area contributed by atoms with E-state index in [4.69, 9.17) is 14.2 Å². The van der Waals surface area contributed by atoms with Gasteiger partial charge in [0.1, 0.15) is 13.2 Å². The molecule has 0 saturated heterocycles. The van der Waals surface area contributed by atoms with Crippen LogP contribution >= 0.6 is 0 Å². The fourth-order valence-corrected chi connectivity index (χ4v) is 10.4. The first-order chi connectivity index (χ1) is 40.5. The lowest BCUT2D eigenvalue weighted by Crippen LogP contribution is -2.30. The van der Waals surface area contributed by atoms with Gasteiger partial charge in [-0.2, -0.15) is 0 Å². The van der Waals surface area contributed by atoms with E-state index >= 15 is 0 Å². The Morgan fingerprint density at radius 2 is 0.476 bits per heavy atom. The van der Waals surface area contributed by atoms with Crippen molar-refractivity contribution in [2.24, 2.45) is 0 Å². The van der Waals surface area contributed by atoms with Crippen LogP contribution in [-0.2, 0) is 28.6 Å². The molecule has 1 unspecified atom stereocenters. The summed E-state index contributed by atoms with van der Waals surface area (Å²) < 4.78 is 16.9. The molecule has 0 aliphatic carbocycles. The molecule has 0 bridgehead atoms. The Balaban J connectivity index is 4.13. The van der Waals surface area contributed by atoms with Crippen LogP contribution in [0.1, 0.15) is 361 Å². The van der Waals surface area contributed by atoms with E-state index in [1.54, 1.807) is 0 Å². The molecule has 0 heterocycles. The highest BCUT2D eigenvalue weighted by Gasteiger charge is 2.19. The van der Waals surface area contributed by atoms with Crippen LogP contribution < -0.4 is 0 Å². The summed E-state index contributed by atoms with van der Waals surface area (Å²) >= 11 is 0. The Morgan fingerprint density at radius 1 is 0.256 bits per heavy atom. The normalized spacial score (nSPS) is 12.6. The summed E-state index contributed by atoms with van der Waals surface area (Å²) in [5.41, 5.74) is 0. The van der Waals surface area contributed by atoms with E-state index in [0.717, 1.165) is 103 Å². The monoisotopic (exact) mass is 1140 g/mol. The largest absolute Gasteiger partial charge is 0.462 e. The predicted octanol–water partition coefficient (Wildman–Crippen LogP) is 24.6. The van der Waals surface area contributed by atoms with Crippen molar-refractivity contribution < 1.29 is 28.6 Å². The second kappa shape index (κ2) is 70.1. The lowest BCUT2D eigenvalue weighted by Gasteiger charge is -2.18. The molecule has 6 heteroatoms. The van der Waals surface area contributed by atoms with Gasteiger partial charge in [0.2, 0.25) is 0 Å². The molecule has 1 atom stereocenters. The van der Waals surface area contributed by atoms with Gasteiger partial charge in [0, 0.05) is 19.3 Å². The number of allylic oxidation sites excluding steroid dienone is 14. The van der Waals surface area contributed by atoms with Crippen LogP contribution in [0.3, 0.4) is 0 Å². The van der Waals surface area contributed by atoms with Crippen molar-refractivity contribution in [1.82, 2.24) is 0 Å². The van der Waals surface area contributed by atoms with Crippen LogP contribution in [0, 0.1) is 0 Å². The highest BCUT2D eigenvalue weighted by molar-refractivity contribution is 5.71. The average molecular weight is 1140 g/mol. The molecule has 0 spiro atoms. The van der Waals surface area contributed by atoms with Crippen LogP contribution in [0.2, 0.25) is 0 Å². The smallest absolute Gasteiger partial charge is 0.306 e. The van der Waals surface area contributed by atoms with E-state index in [2.05, 4.69) is 106 Å². The quantitative estimate of drug-likeness (QED) is 0.0261. The highest BCUT2D eigenvalue weighted by atomic mass is 16.6. The Labute approximate surface area is 509 Å². The fraction of sp³-hybridized carbons (Fsp3) is 0.776. The molecule has 0 fully saturated rings. The van der Waals surface area contributed by atoms with Crippen LogP contribution in [0.4, 0.5) is 0 Å². The van der Waals surface area contributed by atoms with Crippen LogP contribution in [-0.4, -0.2) is 37.2 Å². The Kier molecular flexibility index (Phi) is 67.2.